The zero-order valence-corrected chi connectivity index (χ0v) is 12.0. The lowest BCUT2D eigenvalue weighted by molar-refractivity contribution is -0.118. The molecule has 0 unspecified atom stereocenters. The minimum atomic E-state index is -0.496. The zero-order valence-electron chi connectivity index (χ0n) is 10.4. The number of para-hydroxylation sites is 1. The molecule has 0 aliphatic heterocycles. The molecule has 0 heterocycles. The Labute approximate surface area is 123 Å². The Balaban J connectivity index is 1.94. The van der Waals surface area contributed by atoms with Crippen LogP contribution in [0.1, 0.15) is 0 Å². The third kappa shape index (κ3) is 3.71. The number of nitrogen functional groups attached to an aromatic ring is 1. The van der Waals surface area contributed by atoms with Crippen molar-refractivity contribution in [1.82, 2.24) is 0 Å². The second kappa shape index (κ2) is 6.38. The van der Waals surface area contributed by atoms with Gasteiger partial charge in [-0.1, -0.05) is 28.1 Å². The summed E-state index contributed by atoms with van der Waals surface area (Å²) in [4.78, 5) is 11.7. The summed E-state index contributed by atoms with van der Waals surface area (Å²) in [5, 5.41) is 2.42. The molecule has 1 amide bonds. The molecule has 2 rings (SSSR count). The fourth-order valence-electron chi connectivity index (χ4n) is 1.54. The first kappa shape index (κ1) is 14.3. The number of rotatable bonds is 4. The largest absolute Gasteiger partial charge is 0.482 e. The molecule has 0 fully saturated rings. The highest BCUT2D eigenvalue weighted by molar-refractivity contribution is 9.10. The van der Waals surface area contributed by atoms with Crippen molar-refractivity contribution in [2.24, 2.45) is 0 Å². The molecule has 0 saturated carbocycles. The third-order valence-corrected chi connectivity index (χ3v) is 2.97. The number of ether oxygens (including phenoxy) is 1. The second-order valence-electron chi connectivity index (χ2n) is 4.00. The number of hydrogen-bond acceptors (Lipinski definition) is 3. The van der Waals surface area contributed by atoms with Gasteiger partial charge < -0.3 is 15.8 Å². The van der Waals surface area contributed by atoms with Crippen molar-refractivity contribution in [3.8, 4) is 5.75 Å². The van der Waals surface area contributed by atoms with Crippen molar-refractivity contribution >= 4 is 33.2 Å². The van der Waals surface area contributed by atoms with Crippen LogP contribution < -0.4 is 15.8 Å². The van der Waals surface area contributed by atoms with Crippen molar-refractivity contribution in [1.29, 1.82) is 0 Å². The van der Waals surface area contributed by atoms with Gasteiger partial charge in [0.1, 0.15) is 11.6 Å². The third-order valence-electron chi connectivity index (χ3n) is 2.48. The van der Waals surface area contributed by atoms with E-state index >= 15 is 0 Å². The Kier molecular flexibility index (Phi) is 4.57. The molecule has 0 saturated heterocycles. The van der Waals surface area contributed by atoms with Gasteiger partial charge in [0.15, 0.2) is 6.61 Å². The topological polar surface area (TPSA) is 64.3 Å². The van der Waals surface area contributed by atoms with Crippen LogP contribution in [0.15, 0.2) is 46.9 Å². The van der Waals surface area contributed by atoms with Crippen molar-refractivity contribution in [2.75, 3.05) is 17.7 Å². The fourth-order valence-corrected chi connectivity index (χ4v) is 1.92. The van der Waals surface area contributed by atoms with E-state index in [1.165, 1.54) is 12.1 Å². The SMILES string of the molecule is Nc1cc(Br)ccc1OCC(=O)Nc1ccccc1F. The minimum Gasteiger partial charge on any atom is -0.482 e. The predicted molar refractivity (Wildman–Crippen MR) is 79.1 cm³/mol. The quantitative estimate of drug-likeness (QED) is 0.841. The van der Waals surface area contributed by atoms with E-state index in [9.17, 15) is 9.18 Å². The molecule has 0 radical (unpaired) electrons. The van der Waals surface area contributed by atoms with Crippen molar-refractivity contribution in [3.63, 3.8) is 0 Å². The van der Waals surface area contributed by atoms with Gasteiger partial charge in [0, 0.05) is 4.47 Å². The second-order valence-corrected chi connectivity index (χ2v) is 4.91. The predicted octanol–water partition coefficient (Wildman–Crippen LogP) is 3.19. The van der Waals surface area contributed by atoms with E-state index in [4.69, 9.17) is 10.5 Å². The van der Waals surface area contributed by atoms with Crippen molar-refractivity contribution < 1.29 is 13.9 Å². The number of halogens is 2. The van der Waals surface area contributed by atoms with Gasteiger partial charge in [-0.25, -0.2) is 4.39 Å². The summed E-state index contributed by atoms with van der Waals surface area (Å²) in [5.41, 5.74) is 6.27. The van der Waals surface area contributed by atoms with Gasteiger partial charge in [-0.15, -0.1) is 0 Å². The molecule has 3 N–H and O–H groups in total. The van der Waals surface area contributed by atoms with Gasteiger partial charge in [-0.3, -0.25) is 4.79 Å². The van der Waals surface area contributed by atoms with Gasteiger partial charge in [0.25, 0.3) is 5.91 Å². The van der Waals surface area contributed by atoms with Crippen LogP contribution in [-0.4, -0.2) is 12.5 Å². The number of nitrogens with two attached hydrogens (primary N) is 1. The molecule has 0 aliphatic carbocycles. The van der Waals surface area contributed by atoms with Gasteiger partial charge in [0.2, 0.25) is 0 Å². The van der Waals surface area contributed by atoms with Crippen LogP contribution in [0.4, 0.5) is 15.8 Å². The molecular weight excluding hydrogens is 327 g/mol. The van der Waals surface area contributed by atoms with E-state index in [0.717, 1.165) is 4.47 Å². The molecular formula is C14H12BrFN2O2. The molecule has 2 aromatic rings. The number of amides is 1. The maximum absolute atomic E-state index is 13.3. The van der Waals surface area contributed by atoms with E-state index in [2.05, 4.69) is 21.2 Å². The molecule has 104 valence electrons. The molecule has 0 bridgehead atoms. The van der Waals surface area contributed by atoms with Crippen LogP contribution in [0, 0.1) is 5.82 Å². The number of benzene rings is 2. The first-order valence-corrected chi connectivity index (χ1v) is 6.58. The minimum absolute atomic E-state index is 0.116. The summed E-state index contributed by atoms with van der Waals surface area (Å²) in [6.07, 6.45) is 0. The maximum atomic E-state index is 13.3. The highest BCUT2D eigenvalue weighted by Crippen LogP contribution is 2.25. The number of nitrogens with one attached hydrogen (secondary N) is 1. The molecule has 0 aliphatic rings. The van der Waals surface area contributed by atoms with Crippen LogP contribution in [0.2, 0.25) is 0 Å². The Morgan fingerprint density at radius 3 is 2.75 bits per heavy atom. The van der Waals surface area contributed by atoms with Gasteiger partial charge in [0.05, 0.1) is 11.4 Å². The average Bonchev–Trinajstić information content (AvgIpc) is 2.40. The maximum Gasteiger partial charge on any atom is 0.262 e. The lowest BCUT2D eigenvalue weighted by Gasteiger charge is -2.10. The Morgan fingerprint density at radius 1 is 1.30 bits per heavy atom. The Hall–Kier alpha value is -2.08. The first-order valence-electron chi connectivity index (χ1n) is 5.78. The molecule has 6 heteroatoms. The summed E-state index contributed by atoms with van der Waals surface area (Å²) >= 11 is 3.27. The number of carbonyl (C=O) groups excluding carboxylic acids is 1. The van der Waals surface area contributed by atoms with Gasteiger partial charge in [-0.05, 0) is 30.3 Å². The Morgan fingerprint density at radius 2 is 2.05 bits per heavy atom. The first-order chi connectivity index (χ1) is 9.56. The smallest absolute Gasteiger partial charge is 0.262 e. The number of anilines is 2. The highest BCUT2D eigenvalue weighted by atomic mass is 79.9. The van der Waals surface area contributed by atoms with E-state index in [1.807, 2.05) is 0 Å². The van der Waals surface area contributed by atoms with Crippen LogP contribution in [-0.2, 0) is 4.79 Å². The lowest BCUT2D eigenvalue weighted by atomic mass is 10.3. The van der Waals surface area contributed by atoms with Crippen LogP contribution in [0.5, 0.6) is 5.75 Å². The van der Waals surface area contributed by atoms with E-state index in [0.29, 0.717) is 11.4 Å². The summed E-state index contributed by atoms with van der Waals surface area (Å²) in [5.74, 6) is -0.557. The number of carbonyl (C=O) groups is 1. The van der Waals surface area contributed by atoms with Crippen LogP contribution in [0.3, 0.4) is 0 Å². The molecule has 0 atom stereocenters. The van der Waals surface area contributed by atoms with Crippen LogP contribution >= 0.6 is 15.9 Å². The Bertz CT molecular complexity index is 634. The molecule has 0 spiro atoms. The lowest BCUT2D eigenvalue weighted by Crippen LogP contribution is -2.21. The molecule has 0 aromatic heterocycles. The summed E-state index contributed by atoms with van der Waals surface area (Å²) in [6, 6.07) is 11.0. The standard InChI is InChI=1S/C14H12BrFN2O2/c15-9-5-6-13(11(17)7-9)20-8-14(19)18-12-4-2-1-3-10(12)16/h1-7H,8,17H2,(H,18,19). The van der Waals surface area contributed by atoms with Gasteiger partial charge >= 0.3 is 0 Å². The summed E-state index contributed by atoms with van der Waals surface area (Å²) in [6.45, 7) is -0.250. The summed E-state index contributed by atoms with van der Waals surface area (Å²) < 4.78 is 19.4. The van der Waals surface area contributed by atoms with E-state index in [-0.39, 0.29) is 12.3 Å². The molecule has 4 nitrogen and oxygen atoms in total. The molecule has 2 aromatic carbocycles. The van der Waals surface area contributed by atoms with E-state index in [1.54, 1.807) is 30.3 Å². The van der Waals surface area contributed by atoms with E-state index < -0.39 is 11.7 Å². The molecule has 20 heavy (non-hydrogen) atoms. The zero-order chi connectivity index (χ0) is 14.5. The summed E-state index contributed by atoms with van der Waals surface area (Å²) in [7, 11) is 0. The fraction of sp³-hybridized carbons (Fsp3) is 0.0714. The van der Waals surface area contributed by atoms with Gasteiger partial charge in [-0.2, -0.15) is 0 Å². The normalized spacial score (nSPS) is 10.1. The highest BCUT2D eigenvalue weighted by Gasteiger charge is 2.08. The van der Waals surface area contributed by atoms with Crippen LogP contribution in [0.25, 0.3) is 0 Å². The van der Waals surface area contributed by atoms with Crippen molar-refractivity contribution in [2.45, 2.75) is 0 Å². The monoisotopic (exact) mass is 338 g/mol. The number of hydrogen-bond donors (Lipinski definition) is 2. The average molecular weight is 339 g/mol. The van der Waals surface area contributed by atoms with Crippen molar-refractivity contribution in [3.05, 3.63) is 52.8 Å².